The molecular weight excluding hydrogens is 398 g/mol. The van der Waals surface area contributed by atoms with Crippen molar-refractivity contribution in [2.45, 2.75) is 16.0 Å². The van der Waals surface area contributed by atoms with Crippen LogP contribution < -0.4 is 14.8 Å². The fourth-order valence-corrected chi connectivity index (χ4v) is 5.11. The van der Waals surface area contributed by atoms with E-state index >= 15 is 0 Å². The molecule has 3 aromatic rings. The van der Waals surface area contributed by atoms with Crippen molar-refractivity contribution in [3.05, 3.63) is 65.0 Å². The topological polar surface area (TPSA) is 81.7 Å². The summed E-state index contributed by atoms with van der Waals surface area (Å²) >= 11 is 0.922. The maximum Gasteiger partial charge on any atom is 0.265 e. The van der Waals surface area contributed by atoms with E-state index in [9.17, 15) is 13.2 Å². The molecule has 0 radical (unpaired) electrons. The van der Waals surface area contributed by atoms with Crippen molar-refractivity contribution in [3.8, 4) is 11.5 Å². The number of amides is 1. The predicted octanol–water partition coefficient (Wildman–Crippen LogP) is 4.16. The number of hydrogen-bond donors (Lipinski definition) is 1. The summed E-state index contributed by atoms with van der Waals surface area (Å²) in [5.41, 5.74) is 1.43. The van der Waals surface area contributed by atoms with Gasteiger partial charge in [0.05, 0.1) is 29.7 Å². The van der Waals surface area contributed by atoms with Crippen molar-refractivity contribution >= 4 is 32.8 Å². The van der Waals surface area contributed by atoms with Crippen LogP contribution in [0.1, 0.15) is 15.2 Å². The van der Waals surface area contributed by atoms with Gasteiger partial charge in [-0.25, -0.2) is 8.42 Å². The van der Waals surface area contributed by atoms with Gasteiger partial charge >= 0.3 is 0 Å². The molecule has 0 aliphatic heterocycles. The lowest BCUT2D eigenvalue weighted by Crippen LogP contribution is -2.11. The van der Waals surface area contributed by atoms with E-state index in [2.05, 4.69) is 5.32 Å². The highest BCUT2D eigenvalue weighted by molar-refractivity contribution is 7.93. The molecule has 0 atom stereocenters. The third kappa shape index (κ3) is 4.02. The minimum atomic E-state index is -3.67. The fraction of sp³-hybridized carbons (Fsp3) is 0.150. The fourth-order valence-electron chi connectivity index (χ4n) is 2.51. The molecule has 6 nitrogen and oxygen atoms in total. The minimum absolute atomic E-state index is 0.114. The molecule has 2 aromatic carbocycles. The maximum atomic E-state index is 12.8. The quantitative estimate of drug-likeness (QED) is 0.651. The van der Waals surface area contributed by atoms with Gasteiger partial charge < -0.3 is 14.8 Å². The number of thiophene rings is 1. The highest BCUT2D eigenvalue weighted by Gasteiger charge is 2.22. The zero-order chi connectivity index (χ0) is 20.3. The predicted molar refractivity (Wildman–Crippen MR) is 108 cm³/mol. The standard InChI is InChI=1S/C20H19NO5S2/c1-13-4-7-15(8-5-13)28(23,24)19-11-10-18(27-19)20(22)21-16-9-6-14(25-2)12-17(16)26-3/h4-12H,1-3H3,(H,21,22). The first-order valence-electron chi connectivity index (χ1n) is 8.30. The number of aryl methyl sites for hydroxylation is 1. The van der Waals surface area contributed by atoms with Gasteiger partial charge in [-0.1, -0.05) is 17.7 Å². The van der Waals surface area contributed by atoms with Crippen LogP contribution in [-0.4, -0.2) is 28.5 Å². The number of rotatable bonds is 6. The molecule has 0 spiro atoms. The Morgan fingerprint density at radius 2 is 1.68 bits per heavy atom. The Hall–Kier alpha value is -2.84. The Kier molecular flexibility index (Phi) is 5.71. The second kappa shape index (κ2) is 8.04. The lowest BCUT2D eigenvalue weighted by atomic mass is 10.2. The smallest absolute Gasteiger partial charge is 0.265 e. The first-order chi connectivity index (χ1) is 13.3. The first-order valence-corrected chi connectivity index (χ1v) is 10.6. The summed E-state index contributed by atoms with van der Waals surface area (Å²) in [5.74, 6) is 0.619. The van der Waals surface area contributed by atoms with Gasteiger partial charge in [0.2, 0.25) is 9.84 Å². The summed E-state index contributed by atoms with van der Waals surface area (Å²) in [7, 11) is -0.641. The Labute approximate surface area is 167 Å². The number of carbonyl (C=O) groups is 1. The second-order valence-corrected chi connectivity index (χ2v) is 9.22. The zero-order valence-electron chi connectivity index (χ0n) is 15.6. The number of benzene rings is 2. The normalized spacial score (nSPS) is 11.1. The summed E-state index contributed by atoms with van der Waals surface area (Å²) in [6.45, 7) is 1.89. The number of hydrogen-bond acceptors (Lipinski definition) is 6. The Bertz CT molecular complexity index is 1100. The molecule has 0 unspecified atom stereocenters. The van der Waals surface area contributed by atoms with Crippen LogP contribution in [0, 0.1) is 6.92 Å². The third-order valence-electron chi connectivity index (χ3n) is 4.06. The molecule has 1 N–H and O–H groups in total. The van der Waals surface area contributed by atoms with E-state index in [-0.39, 0.29) is 14.0 Å². The summed E-state index contributed by atoms with van der Waals surface area (Å²) in [6.07, 6.45) is 0. The van der Waals surface area contributed by atoms with Crippen LogP contribution in [0.3, 0.4) is 0 Å². The van der Waals surface area contributed by atoms with Gasteiger partial charge in [-0.2, -0.15) is 0 Å². The first kappa shape index (κ1) is 19.9. The van der Waals surface area contributed by atoms with Gasteiger partial charge in [0, 0.05) is 6.07 Å². The molecule has 0 saturated carbocycles. The molecule has 0 saturated heterocycles. The molecule has 1 amide bonds. The van der Waals surface area contributed by atoms with Crippen molar-refractivity contribution in [1.82, 2.24) is 0 Å². The van der Waals surface area contributed by atoms with Crippen molar-refractivity contribution in [1.29, 1.82) is 0 Å². The van der Waals surface area contributed by atoms with Gasteiger partial charge in [-0.15, -0.1) is 11.3 Å². The number of sulfone groups is 1. The Morgan fingerprint density at radius 3 is 2.32 bits per heavy atom. The van der Waals surface area contributed by atoms with Crippen LogP contribution in [0.25, 0.3) is 0 Å². The van der Waals surface area contributed by atoms with Crippen molar-refractivity contribution in [2.24, 2.45) is 0 Å². The van der Waals surface area contributed by atoms with E-state index in [4.69, 9.17) is 9.47 Å². The number of carbonyl (C=O) groups excluding carboxylic acids is 1. The highest BCUT2D eigenvalue weighted by atomic mass is 32.2. The molecule has 146 valence electrons. The molecule has 0 bridgehead atoms. The van der Waals surface area contributed by atoms with Crippen LogP contribution in [-0.2, 0) is 9.84 Å². The Morgan fingerprint density at radius 1 is 0.964 bits per heavy atom. The molecule has 28 heavy (non-hydrogen) atoms. The molecule has 0 aliphatic rings. The van der Waals surface area contributed by atoms with Gasteiger partial charge in [0.1, 0.15) is 15.7 Å². The number of ether oxygens (including phenoxy) is 2. The van der Waals surface area contributed by atoms with E-state index in [0.717, 1.165) is 16.9 Å². The van der Waals surface area contributed by atoms with Crippen molar-refractivity contribution in [2.75, 3.05) is 19.5 Å². The van der Waals surface area contributed by atoms with Crippen LogP contribution in [0.2, 0.25) is 0 Å². The monoisotopic (exact) mass is 417 g/mol. The van der Waals surface area contributed by atoms with E-state index in [0.29, 0.717) is 17.2 Å². The summed E-state index contributed by atoms with van der Waals surface area (Å²) < 4.78 is 36.0. The van der Waals surface area contributed by atoms with Gasteiger partial charge in [0.25, 0.3) is 5.91 Å². The number of nitrogens with one attached hydrogen (secondary N) is 1. The highest BCUT2D eigenvalue weighted by Crippen LogP contribution is 2.31. The zero-order valence-corrected chi connectivity index (χ0v) is 17.2. The summed E-state index contributed by atoms with van der Waals surface area (Å²) in [6, 6.07) is 14.5. The van der Waals surface area contributed by atoms with E-state index in [1.807, 2.05) is 6.92 Å². The lowest BCUT2D eigenvalue weighted by molar-refractivity contribution is 0.103. The van der Waals surface area contributed by atoms with Crippen LogP contribution in [0.4, 0.5) is 5.69 Å². The van der Waals surface area contributed by atoms with E-state index in [1.54, 1.807) is 42.5 Å². The summed E-state index contributed by atoms with van der Waals surface area (Å²) in [4.78, 5) is 13.1. The van der Waals surface area contributed by atoms with Gasteiger partial charge in [-0.3, -0.25) is 4.79 Å². The molecule has 3 rings (SSSR count). The molecule has 0 aliphatic carbocycles. The largest absolute Gasteiger partial charge is 0.497 e. The molecule has 0 fully saturated rings. The third-order valence-corrected chi connectivity index (χ3v) is 7.40. The lowest BCUT2D eigenvalue weighted by Gasteiger charge is -2.11. The average Bonchev–Trinajstić information content (AvgIpc) is 3.20. The van der Waals surface area contributed by atoms with Crippen molar-refractivity contribution < 1.29 is 22.7 Å². The average molecular weight is 418 g/mol. The maximum absolute atomic E-state index is 12.8. The van der Waals surface area contributed by atoms with Gasteiger partial charge in [0.15, 0.2) is 0 Å². The molecule has 1 aromatic heterocycles. The van der Waals surface area contributed by atoms with E-state index in [1.165, 1.54) is 26.4 Å². The molecular formula is C20H19NO5S2. The molecule has 1 heterocycles. The van der Waals surface area contributed by atoms with Crippen LogP contribution in [0.5, 0.6) is 11.5 Å². The van der Waals surface area contributed by atoms with Crippen molar-refractivity contribution in [3.63, 3.8) is 0 Å². The SMILES string of the molecule is COc1ccc(NC(=O)c2ccc(S(=O)(=O)c3ccc(C)cc3)s2)c(OC)c1. The second-order valence-electron chi connectivity index (χ2n) is 5.96. The Balaban J connectivity index is 1.84. The number of methoxy groups -OCH3 is 2. The van der Waals surface area contributed by atoms with Gasteiger partial charge in [-0.05, 0) is 43.3 Å². The van der Waals surface area contributed by atoms with E-state index < -0.39 is 15.7 Å². The number of anilines is 1. The summed E-state index contributed by atoms with van der Waals surface area (Å²) in [5, 5.41) is 2.74. The minimum Gasteiger partial charge on any atom is -0.497 e. The molecule has 8 heteroatoms. The van der Waals surface area contributed by atoms with Crippen LogP contribution in [0.15, 0.2) is 63.7 Å². The van der Waals surface area contributed by atoms with Crippen LogP contribution >= 0.6 is 11.3 Å².